The predicted octanol–water partition coefficient (Wildman–Crippen LogP) is 3.05. The van der Waals surface area contributed by atoms with E-state index in [1.165, 1.54) is 0 Å². The molecule has 1 aromatic heterocycles. The molecule has 7 nitrogen and oxygen atoms in total. The van der Waals surface area contributed by atoms with Crippen molar-refractivity contribution in [1.29, 1.82) is 0 Å². The van der Waals surface area contributed by atoms with Crippen molar-refractivity contribution in [3.05, 3.63) is 35.2 Å². The minimum absolute atomic E-state index is 0.0150. The first-order chi connectivity index (χ1) is 12.0. The molecular weight excluding hydrogens is 344 g/mol. The Labute approximate surface area is 151 Å². The Morgan fingerprint density at radius 2 is 1.96 bits per heavy atom. The topological polar surface area (TPSA) is 71.7 Å². The van der Waals surface area contributed by atoms with E-state index < -0.39 is 0 Å². The van der Waals surface area contributed by atoms with Gasteiger partial charge in [-0.05, 0) is 38.1 Å². The summed E-state index contributed by atoms with van der Waals surface area (Å²) < 4.78 is 10.6. The Morgan fingerprint density at radius 1 is 1.28 bits per heavy atom. The summed E-state index contributed by atoms with van der Waals surface area (Å²) in [5.41, 5.74) is 0.815. The van der Waals surface area contributed by atoms with Gasteiger partial charge in [-0.15, -0.1) is 0 Å². The van der Waals surface area contributed by atoms with Gasteiger partial charge in [-0.1, -0.05) is 16.8 Å². The first-order valence-electron chi connectivity index (χ1n) is 8.26. The quantitative estimate of drug-likeness (QED) is 0.833. The third-order valence-corrected chi connectivity index (χ3v) is 4.28. The largest absolute Gasteiger partial charge is 0.378 e. The van der Waals surface area contributed by atoms with E-state index in [1.54, 1.807) is 21.9 Å². The third kappa shape index (κ3) is 4.29. The summed E-state index contributed by atoms with van der Waals surface area (Å²) in [6.07, 6.45) is 0. The van der Waals surface area contributed by atoms with E-state index in [-0.39, 0.29) is 18.6 Å². The van der Waals surface area contributed by atoms with Gasteiger partial charge in [0, 0.05) is 29.7 Å². The number of amides is 2. The first-order valence-corrected chi connectivity index (χ1v) is 8.64. The Hall–Kier alpha value is -2.12. The van der Waals surface area contributed by atoms with Crippen LogP contribution >= 0.6 is 11.6 Å². The summed E-state index contributed by atoms with van der Waals surface area (Å²) >= 11 is 5.89. The van der Waals surface area contributed by atoms with Gasteiger partial charge in [0.2, 0.25) is 11.7 Å². The van der Waals surface area contributed by atoms with Crippen LogP contribution in [0.3, 0.4) is 0 Å². The van der Waals surface area contributed by atoms with Crippen LogP contribution in [0, 0.1) is 0 Å². The van der Waals surface area contributed by atoms with Crippen LogP contribution in [-0.4, -0.2) is 58.3 Å². The fourth-order valence-corrected chi connectivity index (χ4v) is 2.71. The number of carbonyl (C=O) groups is 1. The van der Waals surface area contributed by atoms with Crippen LogP contribution in [0.1, 0.15) is 19.7 Å². The molecule has 2 aromatic rings. The zero-order valence-corrected chi connectivity index (χ0v) is 15.1. The van der Waals surface area contributed by atoms with Crippen LogP contribution in [0.2, 0.25) is 5.02 Å². The van der Waals surface area contributed by atoms with E-state index >= 15 is 0 Å². The molecule has 0 N–H and O–H groups in total. The average Bonchev–Trinajstić information content (AvgIpc) is 3.09. The standard InChI is InChI=1S/C17H21ClN4O3/c1-12(2)22(17(23)21-7-9-24-10-8-21)11-15-19-16(20-25-15)13-3-5-14(18)6-4-13/h3-6,12H,7-11H2,1-2H3. The molecule has 2 amide bonds. The third-order valence-electron chi connectivity index (χ3n) is 4.03. The summed E-state index contributed by atoms with van der Waals surface area (Å²) in [7, 11) is 0. The number of benzene rings is 1. The van der Waals surface area contributed by atoms with E-state index in [1.807, 2.05) is 26.0 Å². The van der Waals surface area contributed by atoms with Crippen molar-refractivity contribution < 1.29 is 14.1 Å². The van der Waals surface area contributed by atoms with E-state index in [2.05, 4.69) is 10.1 Å². The van der Waals surface area contributed by atoms with E-state index in [0.29, 0.717) is 43.0 Å². The Bertz CT molecular complexity index is 711. The molecule has 1 aromatic carbocycles. The number of rotatable bonds is 4. The molecule has 0 aliphatic carbocycles. The van der Waals surface area contributed by atoms with Crippen LogP contribution in [0.15, 0.2) is 28.8 Å². The maximum absolute atomic E-state index is 12.8. The molecule has 0 unspecified atom stereocenters. The van der Waals surface area contributed by atoms with Crippen molar-refractivity contribution in [3.63, 3.8) is 0 Å². The second-order valence-corrected chi connectivity index (χ2v) is 6.56. The minimum Gasteiger partial charge on any atom is -0.378 e. The minimum atomic E-state index is -0.0375. The fourth-order valence-electron chi connectivity index (χ4n) is 2.59. The fraction of sp³-hybridized carbons (Fsp3) is 0.471. The molecule has 0 saturated carbocycles. The number of hydrogen-bond acceptors (Lipinski definition) is 5. The van der Waals surface area contributed by atoms with Gasteiger partial charge in [0.15, 0.2) is 0 Å². The molecule has 1 aliphatic heterocycles. The number of nitrogens with zero attached hydrogens (tertiary/aromatic N) is 4. The van der Waals surface area contributed by atoms with E-state index in [4.69, 9.17) is 20.9 Å². The number of hydrogen-bond donors (Lipinski definition) is 0. The Morgan fingerprint density at radius 3 is 2.60 bits per heavy atom. The van der Waals surface area contributed by atoms with Crippen molar-refractivity contribution in [3.8, 4) is 11.4 Å². The maximum Gasteiger partial charge on any atom is 0.320 e. The van der Waals surface area contributed by atoms with Gasteiger partial charge < -0.3 is 19.1 Å². The van der Waals surface area contributed by atoms with Gasteiger partial charge in [0.1, 0.15) is 6.54 Å². The van der Waals surface area contributed by atoms with Crippen molar-refractivity contribution >= 4 is 17.6 Å². The Kier molecular flexibility index (Phi) is 5.55. The molecule has 0 bridgehead atoms. The van der Waals surface area contributed by atoms with Crippen LogP contribution in [-0.2, 0) is 11.3 Å². The number of urea groups is 1. The first kappa shape index (κ1) is 17.7. The SMILES string of the molecule is CC(C)N(Cc1nc(-c2ccc(Cl)cc2)no1)C(=O)N1CCOCC1. The molecule has 1 saturated heterocycles. The molecule has 1 aliphatic rings. The van der Waals surface area contributed by atoms with E-state index in [0.717, 1.165) is 5.56 Å². The highest BCUT2D eigenvalue weighted by Gasteiger charge is 2.26. The van der Waals surface area contributed by atoms with Crippen LogP contribution in [0.5, 0.6) is 0 Å². The van der Waals surface area contributed by atoms with Crippen molar-refractivity contribution in [2.24, 2.45) is 0 Å². The number of aromatic nitrogens is 2. The highest BCUT2D eigenvalue weighted by Crippen LogP contribution is 2.20. The lowest BCUT2D eigenvalue weighted by atomic mass is 10.2. The summed E-state index contributed by atoms with van der Waals surface area (Å²) in [5.74, 6) is 0.884. The summed E-state index contributed by atoms with van der Waals surface area (Å²) in [6, 6.07) is 7.18. The molecule has 3 rings (SSSR count). The summed E-state index contributed by atoms with van der Waals surface area (Å²) in [6.45, 7) is 6.54. The molecule has 1 fully saturated rings. The van der Waals surface area contributed by atoms with Gasteiger partial charge in [-0.3, -0.25) is 0 Å². The normalized spacial score (nSPS) is 14.8. The van der Waals surface area contributed by atoms with Crippen LogP contribution in [0.25, 0.3) is 11.4 Å². The van der Waals surface area contributed by atoms with Crippen LogP contribution < -0.4 is 0 Å². The monoisotopic (exact) mass is 364 g/mol. The lowest BCUT2D eigenvalue weighted by molar-refractivity contribution is 0.0385. The highest BCUT2D eigenvalue weighted by atomic mass is 35.5. The van der Waals surface area contributed by atoms with Gasteiger partial charge in [0.05, 0.1) is 13.2 Å². The van der Waals surface area contributed by atoms with Gasteiger partial charge in [0.25, 0.3) is 0 Å². The van der Waals surface area contributed by atoms with Crippen molar-refractivity contribution in [2.75, 3.05) is 26.3 Å². The number of carbonyl (C=O) groups excluding carboxylic acids is 1. The summed E-state index contributed by atoms with van der Waals surface area (Å²) in [4.78, 5) is 20.7. The molecular formula is C17H21ClN4O3. The van der Waals surface area contributed by atoms with Gasteiger partial charge >= 0.3 is 6.03 Å². The number of ether oxygens (including phenoxy) is 1. The Balaban J connectivity index is 1.72. The number of morpholine rings is 1. The molecule has 0 atom stereocenters. The maximum atomic E-state index is 12.8. The smallest absolute Gasteiger partial charge is 0.320 e. The molecule has 0 radical (unpaired) electrons. The average molecular weight is 365 g/mol. The highest BCUT2D eigenvalue weighted by molar-refractivity contribution is 6.30. The second-order valence-electron chi connectivity index (χ2n) is 6.12. The summed E-state index contributed by atoms with van der Waals surface area (Å²) in [5, 5.41) is 4.65. The van der Waals surface area contributed by atoms with Gasteiger partial charge in [-0.25, -0.2) is 4.79 Å². The molecule has 134 valence electrons. The van der Waals surface area contributed by atoms with Crippen LogP contribution in [0.4, 0.5) is 4.79 Å². The predicted molar refractivity (Wildman–Crippen MR) is 93.2 cm³/mol. The van der Waals surface area contributed by atoms with E-state index in [9.17, 15) is 4.79 Å². The van der Waals surface area contributed by atoms with Gasteiger partial charge in [-0.2, -0.15) is 4.98 Å². The lowest BCUT2D eigenvalue weighted by Gasteiger charge is -2.34. The number of halogens is 1. The van der Waals surface area contributed by atoms with Crippen molar-refractivity contribution in [2.45, 2.75) is 26.4 Å². The van der Waals surface area contributed by atoms with Crippen molar-refractivity contribution in [1.82, 2.24) is 19.9 Å². The lowest BCUT2D eigenvalue weighted by Crippen LogP contribution is -2.50. The molecule has 2 heterocycles. The zero-order chi connectivity index (χ0) is 17.8. The zero-order valence-electron chi connectivity index (χ0n) is 14.3. The molecule has 0 spiro atoms. The second kappa shape index (κ2) is 7.84. The molecule has 25 heavy (non-hydrogen) atoms. The molecule has 8 heteroatoms.